The summed E-state index contributed by atoms with van der Waals surface area (Å²) in [6.45, 7) is 0.175. The van der Waals surface area contributed by atoms with Crippen molar-refractivity contribution in [1.29, 1.82) is 0 Å². The molecule has 1 amide bonds. The second-order valence-electron chi connectivity index (χ2n) is 6.88. The summed E-state index contributed by atoms with van der Waals surface area (Å²) in [6.07, 6.45) is 1.04. The van der Waals surface area contributed by atoms with E-state index in [4.69, 9.17) is 9.57 Å². The van der Waals surface area contributed by atoms with Crippen molar-refractivity contribution in [1.82, 2.24) is 4.90 Å². The largest absolute Gasteiger partial charge is 0.497 e. The van der Waals surface area contributed by atoms with Crippen LogP contribution in [0.5, 0.6) is 5.75 Å². The molecule has 156 valence electrons. The third-order valence-electron chi connectivity index (χ3n) is 4.70. The van der Waals surface area contributed by atoms with E-state index in [0.29, 0.717) is 30.7 Å². The quantitative estimate of drug-likeness (QED) is 0.503. The van der Waals surface area contributed by atoms with E-state index >= 15 is 0 Å². The minimum absolute atomic E-state index is 0.0877. The molecule has 0 saturated carbocycles. The van der Waals surface area contributed by atoms with Crippen molar-refractivity contribution in [3.05, 3.63) is 41.3 Å². The van der Waals surface area contributed by atoms with Gasteiger partial charge < -0.3 is 14.5 Å². The normalized spacial score (nSPS) is 21.8. The number of nitrogens with zero attached hydrogens (tertiary/aromatic N) is 2. The fourth-order valence-electron chi connectivity index (χ4n) is 3.17. The van der Waals surface area contributed by atoms with E-state index in [-0.39, 0.29) is 19.2 Å². The van der Waals surface area contributed by atoms with Crippen molar-refractivity contribution in [2.45, 2.75) is 24.9 Å². The Hall–Kier alpha value is -2.30. The number of carbonyl (C=O) groups is 1. The lowest BCUT2D eigenvalue weighted by molar-refractivity contribution is -0.131. The predicted octanol–water partition coefficient (Wildman–Crippen LogP) is 4.99. The van der Waals surface area contributed by atoms with E-state index in [1.165, 1.54) is 0 Å². The molecule has 5 nitrogen and oxygen atoms in total. The minimum atomic E-state index is -9.75. The van der Waals surface area contributed by atoms with Crippen LogP contribution >= 0.6 is 10.2 Å². The molecule has 0 bridgehead atoms. The van der Waals surface area contributed by atoms with Gasteiger partial charge in [-0.1, -0.05) is 36.7 Å². The van der Waals surface area contributed by atoms with Crippen molar-refractivity contribution in [3.8, 4) is 5.75 Å². The summed E-state index contributed by atoms with van der Waals surface area (Å²) in [5.41, 5.74) is 0.881. The number of benzene rings is 1. The topological polar surface area (TPSA) is 51.1 Å². The zero-order valence-electron chi connectivity index (χ0n) is 14.9. The molecule has 1 saturated heterocycles. The molecule has 11 heteroatoms. The van der Waals surface area contributed by atoms with Crippen molar-refractivity contribution in [2.75, 3.05) is 20.2 Å². The van der Waals surface area contributed by atoms with Gasteiger partial charge in [0.1, 0.15) is 11.4 Å². The van der Waals surface area contributed by atoms with Crippen LogP contribution in [0.15, 0.2) is 40.9 Å². The summed E-state index contributed by atoms with van der Waals surface area (Å²) in [7, 11) is -8.20. The summed E-state index contributed by atoms with van der Waals surface area (Å²) < 4.78 is 66.9. The number of amides is 1. The van der Waals surface area contributed by atoms with Crippen LogP contribution in [-0.4, -0.2) is 42.3 Å². The molecule has 1 aromatic rings. The molecular formula is C17H19F5N2O3S. The molecule has 2 aliphatic rings. The van der Waals surface area contributed by atoms with Gasteiger partial charge in [0.2, 0.25) is 5.91 Å². The third-order valence-corrected chi connectivity index (χ3v) is 5.35. The van der Waals surface area contributed by atoms with Crippen LogP contribution in [0, 0.1) is 0 Å². The lowest BCUT2D eigenvalue weighted by Gasteiger charge is -2.38. The first-order valence-electron chi connectivity index (χ1n) is 8.40. The lowest BCUT2D eigenvalue weighted by atomic mass is 9.85. The molecule has 2 heterocycles. The molecule has 0 N–H and O–H groups in total. The Bertz CT molecular complexity index is 846. The van der Waals surface area contributed by atoms with Crippen molar-refractivity contribution >= 4 is 21.8 Å². The number of oxime groups is 1. The number of carbonyl (C=O) groups excluding carboxylic acids is 1. The van der Waals surface area contributed by atoms with E-state index in [9.17, 15) is 24.2 Å². The SMILES string of the molecule is COc1cccc(C2=NOC3(CCN(C(=O)/C=C/S(F)(F)(F)(F)F)CC3)C2)c1. The zero-order valence-corrected chi connectivity index (χ0v) is 15.7. The molecular weight excluding hydrogens is 407 g/mol. The summed E-state index contributed by atoms with van der Waals surface area (Å²) >= 11 is 0. The lowest BCUT2D eigenvalue weighted by Crippen LogP contribution is -2.46. The number of likely N-dealkylation sites (tertiary alicyclic amines) is 1. The third kappa shape index (κ3) is 5.15. The summed E-state index contributed by atoms with van der Waals surface area (Å²) in [4.78, 5) is 18.5. The van der Waals surface area contributed by atoms with Crippen LogP contribution < -0.4 is 4.74 Å². The van der Waals surface area contributed by atoms with Gasteiger partial charge in [-0.3, -0.25) is 4.79 Å². The second kappa shape index (κ2) is 6.10. The molecule has 1 aromatic carbocycles. The van der Waals surface area contributed by atoms with Gasteiger partial charge in [-0.05, 0) is 12.1 Å². The molecule has 0 unspecified atom stereocenters. The smallest absolute Gasteiger partial charge is 0.304 e. The van der Waals surface area contributed by atoms with Crippen LogP contribution in [0.25, 0.3) is 0 Å². The van der Waals surface area contributed by atoms with Crippen LogP contribution in [0.4, 0.5) is 19.4 Å². The highest BCUT2D eigenvalue weighted by Crippen LogP contribution is 2.98. The maximum Gasteiger partial charge on any atom is 0.304 e. The Morgan fingerprint density at radius 1 is 1.25 bits per heavy atom. The summed E-state index contributed by atoms with van der Waals surface area (Å²) in [5, 5.41) is 2.91. The van der Waals surface area contributed by atoms with Crippen LogP contribution in [0.2, 0.25) is 0 Å². The van der Waals surface area contributed by atoms with Crippen LogP contribution in [-0.2, 0) is 9.63 Å². The Labute approximate surface area is 158 Å². The monoisotopic (exact) mass is 426 g/mol. The number of ether oxygens (including phenoxy) is 1. The second-order valence-corrected chi connectivity index (χ2v) is 9.21. The highest BCUT2D eigenvalue weighted by atomic mass is 32.5. The number of halogens is 5. The zero-order chi connectivity index (χ0) is 20.7. The van der Waals surface area contributed by atoms with Gasteiger partial charge in [0, 0.05) is 44.0 Å². The van der Waals surface area contributed by atoms with Gasteiger partial charge in [0.25, 0.3) is 0 Å². The molecule has 1 spiro atoms. The molecule has 28 heavy (non-hydrogen) atoms. The van der Waals surface area contributed by atoms with Crippen molar-refractivity contribution < 1.29 is 33.8 Å². The standard InChI is InChI=1S/C17H19F5N2O3S/c1-26-14-4-2-3-13(11-14)15-12-17(27-23-15)6-8-24(9-7-17)16(25)5-10-28(18,19,20,21)22/h2-5,10-11H,6-9,12H2,1H3/b10-5+. The highest BCUT2D eigenvalue weighted by Gasteiger charge is 2.60. The first-order valence-corrected chi connectivity index (χ1v) is 10.4. The van der Waals surface area contributed by atoms with Gasteiger partial charge in [0.15, 0.2) is 0 Å². The maximum absolute atomic E-state index is 12.3. The van der Waals surface area contributed by atoms with E-state index in [1.54, 1.807) is 13.2 Å². The Morgan fingerprint density at radius 3 is 2.54 bits per heavy atom. The predicted molar refractivity (Wildman–Crippen MR) is 96.0 cm³/mol. The van der Waals surface area contributed by atoms with E-state index in [2.05, 4.69) is 5.16 Å². The Morgan fingerprint density at radius 2 is 1.93 bits per heavy atom. The number of hydrogen-bond donors (Lipinski definition) is 0. The van der Waals surface area contributed by atoms with Crippen molar-refractivity contribution in [2.24, 2.45) is 5.16 Å². The first-order chi connectivity index (χ1) is 12.8. The van der Waals surface area contributed by atoms with Gasteiger partial charge in [-0.2, -0.15) is 0 Å². The maximum atomic E-state index is 12.3. The van der Waals surface area contributed by atoms with Gasteiger partial charge in [0.05, 0.1) is 18.2 Å². The van der Waals surface area contributed by atoms with E-state index < -0.39 is 27.1 Å². The van der Waals surface area contributed by atoms with Gasteiger partial charge in [-0.25, -0.2) is 0 Å². The summed E-state index contributed by atoms with van der Waals surface area (Å²) in [5.74, 6) is -0.438. The fraction of sp³-hybridized carbons (Fsp3) is 0.412. The Kier molecular flexibility index (Phi) is 4.45. The average Bonchev–Trinajstić information content (AvgIpc) is 3.02. The van der Waals surface area contributed by atoms with Gasteiger partial charge >= 0.3 is 10.2 Å². The number of rotatable bonds is 4. The molecule has 2 aliphatic heterocycles. The first kappa shape index (κ1) is 20.4. The summed E-state index contributed by atoms with van der Waals surface area (Å²) in [6, 6.07) is 7.27. The molecule has 3 rings (SSSR count). The van der Waals surface area contributed by atoms with Crippen molar-refractivity contribution in [3.63, 3.8) is 0 Å². The number of methoxy groups -OCH3 is 1. The highest BCUT2D eigenvalue weighted by molar-refractivity contribution is 8.48. The molecule has 0 aromatic heterocycles. The minimum Gasteiger partial charge on any atom is -0.497 e. The Balaban J connectivity index is 1.60. The number of piperidine rings is 1. The molecule has 1 fully saturated rings. The van der Waals surface area contributed by atoms with E-state index in [0.717, 1.165) is 10.5 Å². The van der Waals surface area contributed by atoms with Crippen LogP contribution in [0.3, 0.4) is 0 Å². The molecule has 0 aliphatic carbocycles. The molecule has 0 radical (unpaired) electrons. The average molecular weight is 426 g/mol. The fourth-order valence-corrected chi connectivity index (χ4v) is 3.55. The van der Waals surface area contributed by atoms with Gasteiger partial charge in [-0.15, -0.1) is 0 Å². The molecule has 0 atom stereocenters. The van der Waals surface area contributed by atoms with Crippen LogP contribution in [0.1, 0.15) is 24.8 Å². The number of hydrogen-bond acceptors (Lipinski definition) is 4. The van der Waals surface area contributed by atoms with E-state index in [1.807, 2.05) is 18.2 Å².